The third-order valence-electron chi connectivity index (χ3n) is 2.96. The smallest absolute Gasteiger partial charge is 0.223 e. The van der Waals surface area contributed by atoms with E-state index in [1.165, 1.54) is 6.07 Å². The molecule has 0 N–H and O–H groups in total. The Kier molecular flexibility index (Phi) is 3.94. The molecule has 0 aromatic heterocycles. The monoisotopic (exact) mass is 273 g/mol. The van der Waals surface area contributed by atoms with Crippen LogP contribution in [-0.2, 0) is 11.3 Å². The summed E-state index contributed by atoms with van der Waals surface area (Å²) in [5.41, 5.74) is 0.391. The molecule has 1 aliphatic rings. The molecule has 1 fully saturated rings. The van der Waals surface area contributed by atoms with Gasteiger partial charge in [0.2, 0.25) is 5.91 Å². The van der Waals surface area contributed by atoms with Gasteiger partial charge in [-0.05, 0) is 23.8 Å². The molecular formula is C12H13ClFNOS. The van der Waals surface area contributed by atoms with Crippen LogP contribution >= 0.6 is 24.2 Å². The Labute approximate surface area is 110 Å². The summed E-state index contributed by atoms with van der Waals surface area (Å²) >= 11 is 10.1. The Morgan fingerprint density at radius 2 is 2.29 bits per heavy atom. The van der Waals surface area contributed by atoms with Crippen LogP contribution in [0.2, 0.25) is 5.02 Å². The van der Waals surface area contributed by atoms with Crippen molar-refractivity contribution in [3.05, 3.63) is 34.6 Å². The van der Waals surface area contributed by atoms with Gasteiger partial charge in [-0.1, -0.05) is 17.7 Å². The Morgan fingerprint density at radius 3 is 2.88 bits per heavy atom. The molecule has 1 aromatic rings. The largest absolute Gasteiger partial charge is 0.338 e. The maximum atomic E-state index is 13.6. The van der Waals surface area contributed by atoms with Crippen molar-refractivity contribution in [2.45, 2.75) is 13.0 Å². The number of carbonyl (C=O) groups is 1. The predicted octanol–water partition coefficient (Wildman–Crippen LogP) is 2.76. The van der Waals surface area contributed by atoms with Crippen LogP contribution in [0.25, 0.3) is 0 Å². The van der Waals surface area contributed by atoms with Gasteiger partial charge in [0.1, 0.15) is 5.82 Å². The second-order valence-corrected chi connectivity index (χ2v) is 5.00. The number of rotatable bonds is 3. The highest BCUT2D eigenvalue weighted by atomic mass is 35.5. The van der Waals surface area contributed by atoms with E-state index in [1.807, 2.05) is 0 Å². The lowest BCUT2D eigenvalue weighted by Crippen LogP contribution is -2.25. The van der Waals surface area contributed by atoms with Gasteiger partial charge in [-0.3, -0.25) is 4.79 Å². The number of hydrogen-bond acceptors (Lipinski definition) is 2. The first kappa shape index (κ1) is 12.7. The molecule has 0 radical (unpaired) electrons. The fraction of sp³-hybridized carbons (Fsp3) is 0.417. The summed E-state index contributed by atoms with van der Waals surface area (Å²) in [6, 6.07) is 4.55. The van der Waals surface area contributed by atoms with E-state index in [-0.39, 0.29) is 24.2 Å². The number of amides is 1. The number of nitrogens with zero attached hydrogens (tertiary/aromatic N) is 1. The minimum Gasteiger partial charge on any atom is -0.338 e. The van der Waals surface area contributed by atoms with Crippen molar-refractivity contribution in [2.75, 3.05) is 12.3 Å². The van der Waals surface area contributed by atoms with Crippen LogP contribution in [0.4, 0.5) is 4.39 Å². The summed E-state index contributed by atoms with van der Waals surface area (Å²) < 4.78 is 13.6. The van der Waals surface area contributed by atoms with Gasteiger partial charge in [0, 0.05) is 30.1 Å². The second kappa shape index (κ2) is 5.27. The van der Waals surface area contributed by atoms with Crippen LogP contribution in [0.3, 0.4) is 0 Å². The molecule has 1 amide bonds. The first-order valence-corrected chi connectivity index (χ1v) is 6.44. The number of thiol groups is 1. The molecule has 5 heteroatoms. The van der Waals surface area contributed by atoms with Crippen molar-refractivity contribution >= 4 is 30.1 Å². The normalized spacial score (nSPS) is 20.1. The summed E-state index contributed by atoms with van der Waals surface area (Å²) in [5, 5.41) is 0.368. The maximum Gasteiger partial charge on any atom is 0.223 e. The molecule has 0 bridgehead atoms. The predicted molar refractivity (Wildman–Crippen MR) is 68.8 cm³/mol. The average molecular weight is 274 g/mol. The summed E-state index contributed by atoms with van der Waals surface area (Å²) in [5.74, 6) is 0.618. The fourth-order valence-electron chi connectivity index (χ4n) is 2.00. The maximum absolute atomic E-state index is 13.6. The molecule has 1 saturated heterocycles. The lowest BCUT2D eigenvalue weighted by molar-refractivity contribution is -0.128. The van der Waals surface area contributed by atoms with E-state index in [9.17, 15) is 9.18 Å². The lowest BCUT2D eigenvalue weighted by Gasteiger charge is -2.17. The van der Waals surface area contributed by atoms with Gasteiger partial charge in [0.05, 0.1) is 0 Å². The highest BCUT2D eigenvalue weighted by Crippen LogP contribution is 2.25. The molecule has 1 atom stereocenters. The van der Waals surface area contributed by atoms with Crippen molar-refractivity contribution in [3.63, 3.8) is 0 Å². The fourth-order valence-corrected chi connectivity index (χ4v) is 2.47. The lowest BCUT2D eigenvalue weighted by atomic mass is 10.1. The average Bonchev–Trinajstić information content (AvgIpc) is 2.65. The van der Waals surface area contributed by atoms with Crippen molar-refractivity contribution in [2.24, 2.45) is 5.92 Å². The third-order valence-corrected chi connectivity index (χ3v) is 3.83. The van der Waals surface area contributed by atoms with Gasteiger partial charge in [-0.15, -0.1) is 0 Å². The zero-order valence-corrected chi connectivity index (χ0v) is 10.8. The number of hydrogen-bond donors (Lipinski definition) is 1. The topological polar surface area (TPSA) is 20.3 Å². The number of carbonyl (C=O) groups excluding carboxylic acids is 1. The van der Waals surface area contributed by atoms with Crippen molar-refractivity contribution in [3.8, 4) is 0 Å². The SMILES string of the molecule is O=C1CC(CS)CN1Cc1c(F)cccc1Cl. The van der Waals surface area contributed by atoms with Crippen molar-refractivity contribution in [1.82, 2.24) is 4.90 Å². The molecule has 0 spiro atoms. The highest BCUT2D eigenvalue weighted by molar-refractivity contribution is 7.80. The number of halogens is 2. The van der Waals surface area contributed by atoms with E-state index in [0.29, 0.717) is 29.3 Å². The molecule has 0 saturated carbocycles. The van der Waals surface area contributed by atoms with Gasteiger partial charge in [-0.2, -0.15) is 12.6 Å². The van der Waals surface area contributed by atoms with Crippen LogP contribution < -0.4 is 0 Å². The molecule has 1 aromatic carbocycles. The standard InChI is InChI=1S/C12H13ClFNOS/c13-10-2-1-3-11(14)9(10)6-15-5-8(7-17)4-12(15)16/h1-3,8,17H,4-7H2. The molecule has 17 heavy (non-hydrogen) atoms. The van der Waals surface area contributed by atoms with Crippen LogP contribution in [0.1, 0.15) is 12.0 Å². The van der Waals surface area contributed by atoms with E-state index in [2.05, 4.69) is 12.6 Å². The molecule has 2 nitrogen and oxygen atoms in total. The molecular weight excluding hydrogens is 261 g/mol. The molecule has 1 heterocycles. The van der Waals surface area contributed by atoms with Gasteiger partial charge < -0.3 is 4.90 Å². The summed E-state index contributed by atoms with van der Waals surface area (Å²) in [6.45, 7) is 0.877. The van der Waals surface area contributed by atoms with Crippen molar-refractivity contribution < 1.29 is 9.18 Å². The number of benzene rings is 1. The first-order valence-electron chi connectivity index (χ1n) is 5.43. The highest BCUT2D eigenvalue weighted by Gasteiger charge is 2.29. The van der Waals surface area contributed by atoms with Crippen LogP contribution in [-0.4, -0.2) is 23.1 Å². The Balaban J connectivity index is 2.14. The van der Waals surface area contributed by atoms with Gasteiger partial charge in [0.15, 0.2) is 0 Å². The van der Waals surface area contributed by atoms with Gasteiger partial charge in [-0.25, -0.2) is 4.39 Å². The minimum absolute atomic E-state index is 0.0448. The molecule has 92 valence electrons. The van der Waals surface area contributed by atoms with E-state index in [4.69, 9.17) is 11.6 Å². The third kappa shape index (κ3) is 2.75. The van der Waals surface area contributed by atoms with E-state index in [0.717, 1.165) is 0 Å². The van der Waals surface area contributed by atoms with Gasteiger partial charge in [0.25, 0.3) is 0 Å². The Bertz CT molecular complexity index is 420. The number of likely N-dealkylation sites (tertiary alicyclic amines) is 1. The minimum atomic E-state index is -0.361. The van der Waals surface area contributed by atoms with Crippen LogP contribution in [0.5, 0.6) is 0 Å². The van der Waals surface area contributed by atoms with E-state index < -0.39 is 0 Å². The zero-order valence-electron chi connectivity index (χ0n) is 9.20. The Morgan fingerprint density at radius 1 is 1.53 bits per heavy atom. The zero-order chi connectivity index (χ0) is 12.4. The van der Waals surface area contributed by atoms with Crippen molar-refractivity contribution in [1.29, 1.82) is 0 Å². The van der Waals surface area contributed by atoms with E-state index >= 15 is 0 Å². The molecule has 0 aliphatic carbocycles. The summed E-state index contributed by atoms with van der Waals surface area (Å²) in [7, 11) is 0. The van der Waals surface area contributed by atoms with E-state index in [1.54, 1.807) is 17.0 Å². The summed E-state index contributed by atoms with van der Waals surface area (Å²) in [6.07, 6.45) is 0.496. The Hall–Kier alpha value is -0.740. The van der Waals surface area contributed by atoms with Crippen LogP contribution in [0.15, 0.2) is 18.2 Å². The summed E-state index contributed by atoms with van der Waals surface area (Å²) in [4.78, 5) is 13.3. The molecule has 1 aliphatic heterocycles. The second-order valence-electron chi connectivity index (χ2n) is 4.23. The quantitative estimate of drug-likeness (QED) is 0.840. The first-order chi connectivity index (χ1) is 8.11. The van der Waals surface area contributed by atoms with Gasteiger partial charge >= 0.3 is 0 Å². The molecule has 1 unspecified atom stereocenters. The molecule has 2 rings (SSSR count). The van der Waals surface area contributed by atoms with Crippen LogP contribution in [0, 0.1) is 11.7 Å².